The Balaban J connectivity index is 2.08. The van der Waals surface area contributed by atoms with E-state index in [9.17, 15) is 9.59 Å². The van der Waals surface area contributed by atoms with Gasteiger partial charge in [0.05, 0.1) is 5.92 Å². The van der Waals surface area contributed by atoms with Crippen molar-refractivity contribution in [3.8, 4) is 0 Å². The van der Waals surface area contributed by atoms with Gasteiger partial charge in [-0.1, -0.05) is 31.2 Å². The Bertz CT molecular complexity index is 419. The highest BCUT2D eigenvalue weighted by Gasteiger charge is 2.48. The second-order valence-corrected chi connectivity index (χ2v) is 4.20. The second-order valence-electron chi connectivity index (χ2n) is 4.20. The van der Waals surface area contributed by atoms with Gasteiger partial charge in [0.1, 0.15) is 0 Å². The van der Waals surface area contributed by atoms with Crippen LogP contribution in [0.2, 0.25) is 0 Å². The highest BCUT2D eigenvalue weighted by molar-refractivity contribution is 6.02. The summed E-state index contributed by atoms with van der Waals surface area (Å²) in [6.45, 7) is 2.05. The Morgan fingerprint density at radius 1 is 1.25 bits per heavy atom. The van der Waals surface area contributed by atoms with Crippen LogP contribution in [0.3, 0.4) is 0 Å². The Morgan fingerprint density at radius 3 is 2.31 bits per heavy atom. The molecule has 0 unspecified atom stereocenters. The predicted octanol–water partition coefficient (Wildman–Crippen LogP) is 2.15. The molecule has 1 N–H and O–H groups in total. The molecule has 1 aromatic rings. The number of rotatable bonds is 4. The number of hydrogen-bond acceptors (Lipinski definition) is 2. The molecule has 0 radical (unpaired) electrons. The molecule has 1 aliphatic rings. The summed E-state index contributed by atoms with van der Waals surface area (Å²) in [6.07, 6.45) is 1.43. The van der Waals surface area contributed by atoms with Crippen molar-refractivity contribution >= 4 is 11.8 Å². The fourth-order valence-corrected chi connectivity index (χ4v) is 1.88. The quantitative estimate of drug-likeness (QED) is 0.788. The van der Waals surface area contributed by atoms with E-state index in [0.29, 0.717) is 12.0 Å². The van der Waals surface area contributed by atoms with Gasteiger partial charge in [-0.3, -0.25) is 9.59 Å². The smallest absolute Gasteiger partial charge is 0.307 e. The van der Waals surface area contributed by atoms with Gasteiger partial charge in [-0.2, -0.15) is 0 Å². The van der Waals surface area contributed by atoms with E-state index in [-0.39, 0.29) is 11.7 Å². The monoisotopic (exact) mass is 218 g/mol. The van der Waals surface area contributed by atoms with Crippen LogP contribution in [0.4, 0.5) is 0 Å². The van der Waals surface area contributed by atoms with Crippen LogP contribution in [0.1, 0.15) is 29.3 Å². The normalized spacial score (nSPS) is 22.8. The summed E-state index contributed by atoms with van der Waals surface area (Å²) >= 11 is 0. The zero-order chi connectivity index (χ0) is 11.7. The third kappa shape index (κ3) is 1.98. The van der Waals surface area contributed by atoms with Gasteiger partial charge in [-0.05, 0) is 18.4 Å². The minimum atomic E-state index is -0.858. The highest BCUT2D eigenvalue weighted by Crippen LogP contribution is 2.41. The molecular weight excluding hydrogens is 204 g/mol. The van der Waals surface area contributed by atoms with Crippen LogP contribution >= 0.6 is 0 Å². The SMILES string of the molecule is CCc1ccc(C(=O)[C@H]2C[C@@H]2C(=O)O)cc1. The van der Waals surface area contributed by atoms with Crippen molar-refractivity contribution in [2.75, 3.05) is 0 Å². The number of aryl methyl sites for hydroxylation is 1. The lowest BCUT2D eigenvalue weighted by Gasteiger charge is -2.01. The molecule has 3 heteroatoms. The number of carboxylic acids is 1. The molecule has 0 aliphatic heterocycles. The van der Waals surface area contributed by atoms with Gasteiger partial charge in [0.2, 0.25) is 0 Å². The van der Waals surface area contributed by atoms with Gasteiger partial charge >= 0.3 is 5.97 Å². The van der Waals surface area contributed by atoms with Crippen LogP contribution < -0.4 is 0 Å². The number of Topliss-reactive ketones (excluding diaryl/α,β-unsaturated/α-hetero) is 1. The summed E-state index contributed by atoms with van der Waals surface area (Å²) in [5.74, 6) is -1.65. The summed E-state index contributed by atoms with van der Waals surface area (Å²) in [5, 5.41) is 8.75. The molecule has 1 fully saturated rings. The molecule has 2 atom stereocenters. The minimum Gasteiger partial charge on any atom is -0.481 e. The summed E-state index contributed by atoms with van der Waals surface area (Å²) in [6, 6.07) is 7.42. The topological polar surface area (TPSA) is 54.4 Å². The first-order valence-electron chi connectivity index (χ1n) is 5.49. The molecule has 0 amide bonds. The number of carbonyl (C=O) groups excluding carboxylic acids is 1. The molecule has 1 aromatic carbocycles. The Kier molecular flexibility index (Phi) is 2.77. The van der Waals surface area contributed by atoms with E-state index in [4.69, 9.17) is 5.11 Å². The van der Waals surface area contributed by atoms with Crippen LogP contribution in [-0.4, -0.2) is 16.9 Å². The second kappa shape index (κ2) is 4.08. The first kappa shape index (κ1) is 10.9. The summed E-state index contributed by atoms with van der Waals surface area (Å²) in [5.41, 5.74) is 1.81. The van der Waals surface area contributed by atoms with Crippen LogP contribution in [0.5, 0.6) is 0 Å². The highest BCUT2D eigenvalue weighted by atomic mass is 16.4. The Hall–Kier alpha value is -1.64. The van der Waals surface area contributed by atoms with Gasteiger partial charge in [-0.25, -0.2) is 0 Å². The third-order valence-corrected chi connectivity index (χ3v) is 3.09. The Labute approximate surface area is 94.1 Å². The van der Waals surface area contributed by atoms with Crippen LogP contribution in [0.15, 0.2) is 24.3 Å². The summed E-state index contributed by atoms with van der Waals surface area (Å²) in [7, 11) is 0. The van der Waals surface area contributed by atoms with Gasteiger partial charge in [0.15, 0.2) is 5.78 Å². The van der Waals surface area contributed by atoms with Crippen molar-refractivity contribution in [2.45, 2.75) is 19.8 Å². The van der Waals surface area contributed by atoms with Gasteiger partial charge < -0.3 is 5.11 Å². The number of hydrogen-bond donors (Lipinski definition) is 1. The maximum atomic E-state index is 11.9. The van der Waals surface area contributed by atoms with E-state index in [1.807, 2.05) is 12.1 Å². The molecule has 0 spiro atoms. The molecule has 1 saturated carbocycles. The van der Waals surface area contributed by atoms with Gasteiger partial charge in [0, 0.05) is 11.5 Å². The third-order valence-electron chi connectivity index (χ3n) is 3.09. The van der Waals surface area contributed by atoms with E-state index in [1.165, 1.54) is 5.56 Å². The van der Waals surface area contributed by atoms with Crippen molar-refractivity contribution < 1.29 is 14.7 Å². The van der Waals surface area contributed by atoms with Crippen molar-refractivity contribution in [2.24, 2.45) is 11.8 Å². The molecule has 0 aromatic heterocycles. The Morgan fingerprint density at radius 2 is 1.88 bits per heavy atom. The minimum absolute atomic E-state index is 0.0324. The number of carboxylic acid groups (broad SMARTS) is 1. The summed E-state index contributed by atoms with van der Waals surface area (Å²) < 4.78 is 0. The maximum absolute atomic E-state index is 11.9. The van der Waals surface area contributed by atoms with E-state index < -0.39 is 11.9 Å². The molecule has 1 aliphatic carbocycles. The van der Waals surface area contributed by atoms with Crippen LogP contribution in [0.25, 0.3) is 0 Å². The molecular formula is C13H14O3. The standard InChI is InChI=1S/C13H14O3/c1-2-8-3-5-9(6-4-8)12(14)10-7-11(10)13(15)16/h3-6,10-11H,2,7H2,1H3,(H,15,16)/t10-,11-/m0/s1. The van der Waals surface area contributed by atoms with Crippen molar-refractivity contribution in [3.63, 3.8) is 0 Å². The van der Waals surface area contributed by atoms with E-state index in [2.05, 4.69) is 6.92 Å². The molecule has 0 heterocycles. The zero-order valence-electron chi connectivity index (χ0n) is 9.14. The van der Waals surface area contributed by atoms with E-state index >= 15 is 0 Å². The first-order chi connectivity index (χ1) is 7.63. The van der Waals surface area contributed by atoms with Gasteiger partial charge in [-0.15, -0.1) is 0 Å². The number of benzene rings is 1. The fraction of sp³-hybridized carbons (Fsp3) is 0.385. The van der Waals surface area contributed by atoms with Crippen LogP contribution in [0, 0.1) is 11.8 Å². The van der Waals surface area contributed by atoms with Gasteiger partial charge in [0.25, 0.3) is 0 Å². The first-order valence-corrected chi connectivity index (χ1v) is 5.49. The molecule has 2 rings (SSSR count). The maximum Gasteiger partial charge on any atom is 0.307 e. The number of ketones is 1. The number of aliphatic carboxylic acids is 1. The molecule has 0 bridgehead atoms. The van der Waals surface area contributed by atoms with Crippen molar-refractivity contribution in [3.05, 3.63) is 35.4 Å². The molecule has 16 heavy (non-hydrogen) atoms. The average Bonchev–Trinajstić information content (AvgIpc) is 3.08. The molecule has 0 saturated heterocycles. The largest absolute Gasteiger partial charge is 0.481 e. The lowest BCUT2D eigenvalue weighted by atomic mass is 10.0. The van der Waals surface area contributed by atoms with Crippen LogP contribution in [-0.2, 0) is 11.2 Å². The lowest BCUT2D eigenvalue weighted by molar-refractivity contribution is -0.138. The zero-order valence-corrected chi connectivity index (χ0v) is 9.14. The molecule has 3 nitrogen and oxygen atoms in total. The lowest BCUT2D eigenvalue weighted by Crippen LogP contribution is -2.08. The van der Waals surface area contributed by atoms with Crippen molar-refractivity contribution in [1.82, 2.24) is 0 Å². The average molecular weight is 218 g/mol. The molecule has 84 valence electrons. The van der Waals surface area contributed by atoms with E-state index in [1.54, 1.807) is 12.1 Å². The van der Waals surface area contributed by atoms with E-state index in [0.717, 1.165) is 6.42 Å². The summed E-state index contributed by atoms with van der Waals surface area (Å²) in [4.78, 5) is 22.5. The fourth-order valence-electron chi connectivity index (χ4n) is 1.88. The van der Waals surface area contributed by atoms with Crippen molar-refractivity contribution in [1.29, 1.82) is 0 Å². The predicted molar refractivity (Wildman–Crippen MR) is 59.4 cm³/mol. The number of carbonyl (C=O) groups is 2.